The number of ether oxygens (including phenoxy) is 1. The molecule has 0 unspecified atom stereocenters. The zero-order valence-electron chi connectivity index (χ0n) is 13.0. The number of anilines is 1. The molecule has 3 N–H and O–H groups in total. The van der Waals surface area contributed by atoms with E-state index in [2.05, 4.69) is 25.3 Å². The van der Waals surface area contributed by atoms with Crippen LogP contribution in [0, 0.1) is 0 Å². The maximum absolute atomic E-state index is 5.88. The average molecular weight is 321 g/mol. The van der Waals surface area contributed by atoms with E-state index < -0.39 is 0 Å². The fourth-order valence-corrected chi connectivity index (χ4v) is 2.62. The molecular formula is C16H15N7O. The third-order valence-corrected chi connectivity index (χ3v) is 3.72. The number of rotatable bonds is 4. The van der Waals surface area contributed by atoms with Gasteiger partial charge in [-0.05, 0) is 23.8 Å². The number of hydrogen-bond donors (Lipinski definition) is 2. The summed E-state index contributed by atoms with van der Waals surface area (Å²) in [7, 11) is 1.65. The highest BCUT2D eigenvalue weighted by atomic mass is 16.5. The van der Waals surface area contributed by atoms with Crippen molar-refractivity contribution in [2.75, 3.05) is 12.8 Å². The lowest BCUT2D eigenvalue weighted by molar-refractivity contribution is 0.414. The van der Waals surface area contributed by atoms with Crippen molar-refractivity contribution >= 4 is 17.0 Å². The lowest BCUT2D eigenvalue weighted by Gasteiger charge is -2.06. The third kappa shape index (κ3) is 2.43. The number of fused-ring (bicyclic) bond motifs is 1. The molecule has 0 aliphatic heterocycles. The van der Waals surface area contributed by atoms with Gasteiger partial charge >= 0.3 is 0 Å². The Morgan fingerprint density at radius 3 is 2.96 bits per heavy atom. The Labute approximate surface area is 137 Å². The van der Waals surface area contributed by atoms with Gasteiger partial charge in [-0.25, -0.2) is 9.67 Å². The molecule has 4 aromatic rings. The molecule has 8 heteroatoms. The van der Waals surface area contributed by atoms with Crippen LogP contribution in [0.15, 0.2) is 42.7 Å². The van der Waals surface area contributed by atoms with Crippen molar-refractivity contribution in [1.29, 1.82) is 0 Å². The minimum absolute atomic E-state index is 0.188. The van der Waals surface area contributed by atoms with Crippen LogP contribution in [0.25, 0.3) is 22.4 Å². The first-order chi connectivity index (χ1) is 11.7. The van der Waals surface area contributed by atoms with Crippen LogP contribution in [0.4, 0.5) is 5.95 Å². The van der Waals surface area contributed by atoms with Gasteiger partial charge in [-0.15, -0.1) is 0 Å². The topological polar surface area (TPSA) is 108 Å². The number of hydrogen-bond acceptors (Lipinski definition) is 6. The van der Waals surface area contributed by atoms with Gasteiger partial charge in [-0.1, -0.05) is 12.1 Å². The van der Waals surface area contributed by atoms with Crippen LogP contribution in [0.1, 0.15) is 5.56 Å². The van der Waals surface area contributed by atoms with Crippen LogP contribution in [0.5, 0.6) is 5.75 Å². The molecule has 24 heavy (non-hydrogen) atoms. The summed E-state index contributed by atoms with van der Waals surface area (Å²) in [4.78, 5) is 8.65. The largest absolute Gasteiger partial charge is 0.497 e. The first-order valence-electron chi connectivity index (χ1n) is 7.37. The summed E-state index contributed by atoms with van der Waals surface area (Å²) in [5, 5.41) is 12.2. The minimum Gasteiger partial charge on any atom is -0.497 e. The van der Waals surface area contributed by atoms with E-state index in [-0.39, 0.29) is 5.95 Å². The van der Waals surface area contributed by atoms with Crippen LogP contribution in [-0.4, -0.2) is 37.1 Å². The molecule has 3 heterocycles. The fourth-order valence-electron chi connectivity index (χ4n) is 2.62. The van der Waals surface area contributed by atoms with E-state index in [4.69, 9.17) is 10.5 Å². The third-order valence-electron chi connectivity index (χ3n) is 3.72. The number of H-pyrrole nitrogens is 1. The maximum Gasteiger partial charge on any atom is 0.222 e. The summed E-state index contributed by atoms with van der Waals surface area (Å²) >= 11 is 0. The second kappa shape index (κ2) is 5.65. The molecule has 0 radical (unpaired) electrons. The van der Waals surface area contributed by atoms with Crippen LogP contribution in [0.2, 0.25) is 0 Å². The van der Waals surface area contributed by atoms with Crippen LogP contribution in [0.3, 0.4) is 0 Å². The lowest BCUT2D eigenvalue weighted by Crippen LogP contribution is -2.05. The lowest BCUT2D eigenvalue weighted by atomic mass is 10.2. The Balaban J connectivity index is 1.80. The van der Waals surface area contributed by atoms with Gasteiger partial charge in [-0.3, -0.25) is 5.10 Å². The van der Waals surface area contributed by atoms with Gasteiger partial charge in [0.15, 0.2) is 5.65 Å². The molecule has 8 nitrogen and oxygen atoms in total. The van der Waals surface area contributed by atoms with Crippen LogP contribution < -0.4 is 10.5 Å². The molecule has 0 aliphatic carbocycles. The molecule has 120 valence electrons. The molecule has 0 saturated carbocycles. The molecule has 0 fully saturated rings. The Kier molecular flexibility index (Phi) is 3.34. The molecule has 0 spiro atoms. The monoisotopic (exact) mass is 321 g/mol. The first-order valence-corrected chi connectivity index (χ1v) is 7.37. The molecule has 0 saturated heterocycles. The van der Waals surface area contributed by atoms with E-state index in [1.165, 1.54) is 0 Å². The standard InChI is InChI=1S/C16H15N7O/c1-24-11-4-2-3-10(7-11)9-23-15-12(8-19-23)14(20-16(17)21-15)13-5-6-18-22-13/h2-8H,9H2,1H3,(H,18,22)(H2,17,20,21). The van der Waals surface area contributed by atoms with Gasteiger partial charge in [0.05, 0.1) is 25.2 Å². The number of methoxy groups -OCH3 is 1. The van der Waals surface area contributed by atoms with Gasteiger partial charge in [0.2, 0.25) is 5.95 Å². The van der Waals surface area contributed by atoms with Crippen molar-refractivity contribution in [2.24, 2.45) is 0 Å². The smallest absolute Gasteiger partial charge is 0.222 e. The Bertz CT molecular complexity index is 991. The van der Waals surface area contributed by atoms with Gasteiger partial charge in [0.25, 0.3) is 0 Å². The number of aromatic nitrogens is 6. The predicted molar refractivity (Wildman–Crippen MR) is 89.4 cm³/mol. The predicted octanol–water partition coefficient (Wildman–Crippen LogP) is 1.86. The normalized spacial score (nSPS) is 11.0. The van der Waals surface area contributed by atoms with Crippen molar-refractivity contribution in [3.63, 3.8) is 0 Å². The van der Waals surface area contributed by atoms with E-state index in [0.717, 1.165) is 16.7 Å². The van der Waals surface area contributed by atoms with Crippen molar-refractivity contribution < 1.29 is 4.74 Å². The molecule has 1 aromatic carbocycles. The van der Waals surface area contributed by atoms with Gasteiger partial charge in [-0.2, -0.15) is 15.2 Å². The number of benzene rings is 1. The zero-order valence-corrected chi connectivity index (χ0v) is 13.0. The molecule has 0 atom stereocenters. The highest BCUT2D eigenvalue weighted by molar-refractivity contribution is 5.89. The van der Waals surface area contributed by atoms with Gasteiger partial charge in [0.1, 0.15) is 17.1 Å². The quantitative estimate of drug-likeness (QED) is 0.594. The van der Waals surface area contributed by atoms with Crippen molar-refractivity contribution in [1.82, 2.24) is 29.9 Å². The maximum atomic E-state index is 5.88. The summed E-state index contributed by atoms with van der Waals surface area (Å²) in [5.41, 5.74) is 8.97. The van der Waals surface area contributed by atoms with Gasteiger partial charge in [0, 0.05) is 6.20 Å². The second-order valence-corrected chi connectivity index (χ2v) is 5.28. The molecule has 4 rings (SSSR count). The first kappa shape index (κ1) is 14.2. The van der Waals surface area contributed by atoms with Crippen molar-refractivity contribution in [3.8, 4) is 17.1 Å². The Hall–Kier alpha value is -3.42. The second-order valence-electron chi connectivity index (χ2n) is 5.28. The summed E-state index contributed by atoms with van der Waals surface area (Å²) in [5.74, 6) is 0.989. The Morgan fingerprint density at radius 1 is 1.25 bits per heavy atom. The number of aromatic amines is 1. The van der Waals surface area contributed by atoms with Crippen LogP contribution in [-0.2, 0) is 6.54 Å². The van der Waals surface area contributed by atoms with Crippen molar-refractivity contribution in [2.45, 2.75) is 6.54 Å². The van der Waals surface area contributed by atoms with Gasteiger partial charge < -0.3 is 10.5 Å². The molecule has 0 bridgehead atoms. The number of nitrogen functional groups attached to an aromatic ring is 1. The summed E-state index contributed by atoms with van der Waals surface area (Å²) < 4.78 is 7.05. The summed E-state index contributed by atoms with van der Waals surface area (Å²) in [6.07, 6.45) is 3.47. The molecule has 0 aliphatic rings. The molecule has 3 aromatic heterocycles. The number of nitrogens with one attached hydrogen (secondary N) is 1. The number of nitrogens with zero attached hydrogens (tertiary/aromatic N) is 5. The Morgan fingerprint density at radius 2 is 2.17 bits per heavy atom. The van der Waals surface area contributed by atoms with E-state index in [1.807, 2.05) is 30.3 Å². The van der Waals surface area contributed by atoms with E-state index >= 15 is 0 Å². The van der Waals surface area contributed by atoms with E-state index in [1.54, 1.807) is 24.2 Å². The minimum atomic E-state index is 0.188. The highest BCUT2D eigenvalue weighted by Crippen LogP contribution is 2.25. The summed E-state index contributed by atoms with van der Waals surface area (Å²) in [6.45, 7) is 0.553. The number of nitrogens with two attached hydrogens (primary N) is 1. The average Bonchev–Trinajstić information content (AvgIpc) is 3.25. The van der Waals surface area contributed by atoms with E-state index in [9.17, 15) is 0 Å². The SMILES string of the molecule is COc1cccc(Cn2ncc3c(-c4cc[nH]n4)nc(N)nc32)c1. The van der Waals surface area contributed by atoms with E-state index in [0.29, 0.717) is 23.6 Å². The zero-order chi connectivity index (χ0) is 16.5. The van der Waals surface area contributed by atoms with Crippen LogP contribution >= 0.6 is 0 Å². The highest BCUT2D eigenvalue weighted by Gasteiger charge is 2.15. The fraction of sp³-hybridized carbons (Fsp3) is 0.125. The molecular weight excluding hydrogens is 306 g/mol. The van der Waals surface area contributed by atoms with Crippen molar-refractivity contribution in [3.05, 3.63) is 48.3 Å². The molecule has 0 amide bonds. The summed E-state index contributed by atoms with van der Waals surface area (Å²) in [6, 6.07) is 9.65.